The standard InChI is InChI=1S/C13H15N3O3/c14-13(18)12-6-16(9-15-12)10(7-17)8-19-11-4-2-1-3-5-11/h1-6,9-10,17H,7-8H2,(H2,14,18). The molecule has 0 aliphatic rings. The van der Waals surface area contributed by atoms with Crippen molar-refractivity contribution in [3.8, 4) is 5.75 Å². The van der Waals surface area contributed by atoms with E-state index in [2.05, 4.69) is 4.98 Å². The molecule has 1 unspecified atom stereocenters. The van der Waals surface area contributed by atoms with Crippen LogP contribution < -0.4 is 10.5 Å². The van der Waals surface area contributed by atoms with Crippen LogP contribution in [0.2, 0.25) is 0 Å². The Morgan fingerprint density at radius 3 is 2.74 bits per heavy atom. The predicted molar refractivity (Wildman–Crippen MR) is 68.8 cm³/mol. The van der Waals surface area contributed by atoms with E-state index in [-0.39, 0.29) is 24.9 Å². The van der Waals surface area contributed by atoms with Gasteiger partial charge in [-0.25, -0.2) is 4.98 Å². The van der Waals surface area contributed by atoms with Crippen LogP contribution in [0.5, 0.6) is 5.75 Å². The van der Waals surface area contributed by atoms with E-state index in [9.17, 15) is 9.90 Å². The number of primary amides is 1. The van der Waals surface area contributed by atoms with E-state index in [0.29, 0.717) is 0 Å². The molecule has 1 amide bonds. The Morgan fingerprint density at radius 2 is 2.16 bits per heavy atom. The van der Waals surface area contributed by atoms with Crippen molar-refractivity contribution >= 4 is 5.91 Å². The third kappa shape index (κ3) is 3.32. The van der Waals surface area contributed by atoms with E-state index in [1.165, 1.54) is 12.5 Å². The molecule has 2 aromatic rings. The molecule has 0 saturated carbocycles. The predicted octanol–water partition coefficient (Wildman–Crippen LogP) is 0.594. The third-order valence-corrected chi connectivity index (χ3v) is 2.67. The van der Waals surface area contributed by atoms with E-state index in [1.54, 1.807) is 4.57 Å². The second kappa shape index (κ2) is 6.01. The van der Waals surface area contributed by atoms with Gasteiger partial charge in [0.25, 0.3) is 5.91 Å². The van der Waals surface area contributed by atoms with Crippen LogP contribution in [0, 0.1) is 0 Å². The number of para-hydroxylation sites is 1. The van der Waals surface area contributed by atoms with Gasteiger partial charge in [-0.2, -0.15) is 0 Å². The molecule has 0 aliphatic heterocycles. The molecule has 0 spiro atoms. The fourth-order valence-electron chi connectivity index (χ4n) is 1.61. The quantitative estimate of drug-likeness (QED) is 0.796. The first kappa shape index (κ1) is 13.1. The van der Waals surface area contributed by atoms with Gasteiger partial charge >= 0.3 is 0 Å². The van der Waals surface area contributed by atoms with E-state index in [4.69, 9.17) is 10.5 Å². The zero-order chi connectivity index (χ0) is 13.7. The number of hydrogen-bond acceptors (Lipinski definition) is 4. The maximum absolute atomic E-state index is 11.0. The van der Waals surface area contributed by atoms with Crippen molar-refractivity contribution < 1.29 is 14.6 Å². The number of nitrogens with zero attached hydrogens (tertiary/aromatic N) is 2. The van der Waals surface area contributed by atoms with Crippen molar-refractivity contribution in [2.45, 2.75) is 6.04 Å². The SMILES string of the molecule is NC(=O)c1cn(C(CO)COc2ccccc2)cn1. The summed E-state index contributed by atoms with van der Waals surface area (Å²) < 4.78 is 7.17. The number of amides is 1. The van der Waals surface area contributed by atoms with Gasteiger partial charge < -0.3 is 20.1 Å². The second-order valence-corrected chi connectivity index (χ2v) is 4.03. The highest BCUT2D eigenvalue weighted by Crippen LogP contribution is 2.13. The van der Waals surface area contributed by atoms with Gasteiger partial charge in [-0.1, -0.05) is 18.2 Å². The number of ether oxygens (including phenoxy) is 1. The molecule has 0 radical (unpaired) electrons. The van der Waals surface area contributed by atoms with Crippen LogP contribution in [0.1, 0.15) is 16.5 Å². The van der Waals surface area contributed by atoms with Crippen molar-refractivity contribution in [1.29, 1.82) is 0 Å². The smallest absolute Gasteiger partial charge is 0.268 e. The first-order valence-electron chi connectivity index (χ1n) is 5.82. The minimum absolute atomic E-state index is 0.124. The fourth-order valence-corrected chi connectivity index (χ4v) is 1.61. The molecule has 6 nitrogen and oxygen atoms in total. The van der Waals surface area contributed by atoms with Gasteiger partial charge in [0, 0.05) is 6.20 Å². The monoisotopic (exact) mass is 261 g/mol. The Bertz CT molecular complexity index is 539. The van der Waals surface area contributed by atoms with E-state index in [0.717, 1.165) is 5.75 Å². The summed E-state index contributed by atoms with van der Waals surface area (Å²) in [6.07, 6.45) is 2.95. The van der Waals surface area contributed by atoms with Crippen molar-refractivity contribution in [3.05, 3.63) is 48.5 Å². The number of aliphatic hydroxyl groups is 1. The molecule has 19 heavy (non-hydrogen) atoms. The van der Waals surface area contributed by atoms with Crippen LogP contribution >= 0.6 is 0 Å². The minimum Gasteiger partial charge on any atom is -0.491 e. The molecule has 100 valence electrons. The van der Waals surface area contributed by atoms with Gasteiger partial charge in [-0.3, -0.25) is 4.79 Å². The lowest BCUT2D eigenvalue weighted by molar-refractivity contribution is 0.0995. The number of aromatic nitrogens is 2. The molecule has 6 heteroatoms. The van der Waals surface area contributed by atoms with Gasteiger partial charge in [0.1, 0.15) is 18.1 Å². The molecular formula is C13H15N3O3. The van der Waals surface area contributed by atoms with E-state index in [1.807, 2.05) is 30.3 Å². The van der Waals surface area contributed by atoms with Crippen LogP contribution in [-0.4, -0.2) is 33.8 Å². The molecular weight excluding hydrogens is 246 g/mol. The van der Waals surface area contributed by atoms with Crippen LogP contribution in [0.4, 0.5) is 0 Å². The maximum atomic E-state index is 11.0. The van der Waals surface area contributed by atoms with E-state index < -0.39 is 5.91 Å². The maximum Gasteiger partial charge on any atom is 0.268 e. The summed E-state index contributed by atoms with van der Waals surface area (Å²) in [5.74, 6) is 0.121. The van der Waals surface area contributed by atoms with Crippen LogP contribution in [0.3, 0.4) is 0 Å². The number of nitrogens with two attached hydrogens (primary N) is 1. The number of carbonyl (C=O) groups excluding carboxylic acids is 1. The Kier molecular flexibility index (Phi) is 4.15. The number of carbonyl (C=O) groups is 1. The van der Waals surface area contributed by atoms with Gasteiger partial charge in [-0.15, -0.1) is 0 Å². The number of benzene rings is 1. The number of hydrogen-bond donors (Lipinski definition) is 2. The minimum atomic E-state index is -0.598. The third-order valence-electron chi connectivity index (χ3n) is 2.67. The highest BCUT2D eigenvalue weighted by Gasteiger charge is 2.13. The Morgan fingerprint density at radius 1 is 1.42 bits per heavy atom. The van der Waals surface area contributed by atoms with Crippen LogP contribution in [-0.2, 0) is 0 Å². The Balaban J connectivity index is 2.01. The number of aliphatic hydroxyl groups excluding tert-OH is 1. The average molecular weight is 261 g/mol. The molecule has 2 rings (SSSR count). The second-order valence-electron chi connectivity index (χ2n) is 4.03. The molecule has 1 aromatic carbocycles. The number of rotatable bonds is 6. The molecule has 3 N–H and O–H groups in total. The Labute approximate surface area is 110 Å². The van der Waals surface area contributed by atoms with Crippen molar-refractivity contribution in [2.24, 2.45) is 5.73 Å². The molecule has 0 fully saturated rings. The lowest BCUT2D eigenvalue weighted by Gasteiger charge is -2.16. The topological polar surface area (TPSA) is 90.4 Å². The fraction of sp³-hybridized carbons (Fsp3) is 0.231. The lowest BCUT2D eigenvalue weighted by Crippen LogP contribution is -2.20. The summed E-state index contributed by atoms with van der Waals surface area (Å²) in [6, 6.07) is 8.97. The molecule has 1 heterocycles. The summed E-state index contributed by atoms with van der Waals surface area (Å²) in [6.45, 7) is 0.149. The normalized spacial score (nSPS) is 12.1. The first-order valence-corrected chi connectivity index (χ1v) is 5.82. The summed E-state index contributed by atoms with van der Waals surface area (Å²) in [5, 5.41) is 9.36. The number of imidazole rings is 1. The molecule has 1 aromatic heterocycles. The summed E-state index contributed by atoms with van der Waals surface area (Å²) in [5.41, 5.74) is 5.29. The lowest BCUT2D eigenvalue weighted by atomic mass is 10.3. The van der Waals surface area contributed by atoms with Crippen LogP contribution in [0.25, 0.3) is 0 Å². The van der Waals surface area contributed by atoms with Crippen LogP contribution in [0.15, 0.2) is 42.9 Å². The van der Waals surface area contributed by atoms with Gasteiger partial charge in [0.05, 0.1) is 19.0 Å². The molecule has 0 aliphatic carbocycles. The van der Waals surface area contributed by atoms with Crippen molar-refractivity contribution in [2.75, 3.05) is 13.2 Å². The average Bonchev–Trinajstić information content (AvgIpc) is 2.90. The van der Waals surface area contributed by atoms with Crippen molar-refractivity contribution in [1.82, 2.24) is 9.55 Å². The zero-order valence-electron chi connectivity index (χ0n) is 10.3. The molecule has 0 bridgehead atoms. The summed E-state index contributed by atoms with van der Waals surface area (Å²) in [4.78, 5) is 14.8. The Hall–Kier alpha value is -2.34. The van der Waals surface area contributed by atoms with Gasteiger partial charge in [0.2, 0.25) is 0 Å². The highest BCUT2D eigenvalue weighted by molar-refractivity contribution is 5.90. The molecule has 1 atom stereocenters. The largest absolute Gasteiger partial charge is 0.491 e. The van der Waals surface area contributed by atoms with Gasteiger partial charge in [0.15, 0.2) is 0 Å². The first-order chi connectivity index (χ1) is 9.20. The van der Waals surface area contributed by atoms with Gasteiger partial charge in [-0.05, 0) is 12.1 Å². The zero-order valence-corrected chi connectivity index (χ0v) is 10.3. The van der Waals surface area contributed by atoms with E-state index >= 15 is 0 Å². The summed E-state index contributed by atoms with van der Waals surface area (Å²) in [7, 11) is 0. The molecule has 0 saturated heterocycles. The highest BCUT2D eigenvalue weighted by atomic mass is 16.5. The van der Waals surface area contributed by atoms with Crippen molar-refractivity contribution in [3.63, 3.8) is 0 Å². The summed E-state index contributed by atoms with van der Waals surface area (Å²) >= 11 is 0.